The second-order valence-electron chi connectivity index (χ2n) is 7.40. The maximum absolute atomic E-state index is 12.8. The molecule has 3 rings (SSSR count). The zero-order chi connectivity index (χ0) is 17.2. The molecule has 6 nitrogen and oxygen atoms in total. The number of anilines is 1. The van der Waals surface area contributed by atoms with E-state index < -0.39 is 0 Å². The van der Waals surface area contributed by atoms with E-state index in [2.05, 4.69) is 10.3 Å². The van der Waals surface area contributed by atoms with Gasteiger partial charge in [0, 0.05) is 32.9 Å². The normalized spacial score (nSPS) is 23.1. The predicted octanol–water partition coefficient (Wildman–Crippen LogP) is 2.17. The average molecular weight is 333 g/mol. The summed E-state index contributed by atoms with van der Waals surface area (Å²) in [4.78, 5) is 19.0. The molecule has 0 bridgehead atoms. The van der Waals surface area contributed by atoms with Crippen LogP contribution in [-0.4, -0.2) is 60.8 Å². The van der Waals surface area contributed by atoms with Gasteiger partial charge in [0.2, 0.25) is 0 Å². The number of rotatable bonds is 6. The molecule has 0 aromatic carbocycles. The molecule has 1 aliphatic carbocycles. The lowest BCUT2D eigenvalue weighted by molar-refractivity contribution is -0.143. The van der Waals surface area contributed by atoms with Crippen molar-refractivity contribution in [3.63, 3.8) is 0 Å². The van der Waals surface area contributed by atoms with Crippen molar-refractivity contribution in [1.29, 1.82) is 0 Å². The van der Waals surface area contributed by atoms with Gasteiger partial charge in [0.25, 0.3) is 5.91 Å². The fourth-order valence-electron chi connectivity index (χ4n) is 3.10. The summed E-state index contributed by atoms with van der Waals surface area (Å²) in [5, 5.41) is 3.32. The second kappa shape index (κ2) is 7.07. The molecule has 0 spiro atoms. The number of hydrogen-bond donors (Lipinski definition) is 1. The van der Waals surface area contributed by atoms with Crippen LogP contribution in [0.15, 0.2) is 18.3 Å². The Balaban J connectivity index is 1.63. The van der Waals surface area contributed by atoms with E-state index in [0.29, 0.717) is 25.3 Å². The second-order valence-corrected chi connectivity index (χ2v) is 7.40. The monoisotopic (exact) mass is 333 g/mol. The van der Waals surface area contributed by atoms with Crippen LogP contribution in [0, 0.1) is 5.92 Å². The predicted molar refractivity (Wildman–Crippen MR) is 92.2 cm³/mol. The van der Waals surface area contributed by atoms with Crippen LogP contribution in [0.25, 0.3) is 0 Å². The topological polar surface area (TPSA) is 63.7 Å². The van der Waals surface area contributed by atoms with Gasteiger partial charge in [0.05, 0.1) is 23.9 Å². The van der Waals surface area contributed by atoms with E-state index in [1.165, 1.54) is 12.8 Å². The van der Waals surface area contributed by atoms with Gasteiger partial charge in [0.15, 0.2) is 0 Å². The third-order valence-electron chi connectivity index (χ3n) is 4.40. The lowest BCUT2D eigenvalue weighted by atomic mass is 10.0. The summed E-state index contributed by atoms with van der Waals surface area (Å²) >= 11 is 0. The van der Waals surface area contributed by atoms with Crippen LogP contribution >= 0.6 is 0 Å². The molecule has 1 N–H and O–H groups in total. The number of hydrogen-bond acceptors (Lipinski definition) is 5. The highest BCUT2D eigenvalue weighted by atomic mass is 16.5. The van der Waals surface area contributed by atoms with E-state index in [0.717, 1.165) is 18.3 Å². The highest BCUT2D eigenvalue weighted by molar-refractivity contribution is 5.94. The molecule has 1 aliphatic heterocycles. The van der Waals surface area contributed by atoms with Crippen molar-refractivity contribution in [1.82, 2.24) is 9.88 Å². The quantitative estimate of drug-likeness (QED) is 0.864. The van der Waals surface area contributed by atoms with Gasteiger partial charge in [-0.05, 0) is 44.7 Å². The van der Waals surface area contributed by atoms with Gasteiger partial charge < -0.3 is 19.7 Å². The fraction of sp³-hybridized carbons (Fsp3) is 0.667. The number of morpholine rings is 1. The number of amides is 1. The molecule has 0 unspecified atom stereocenters. The van der Waals surface area contributed by atoms with Crippen molar-refractivity contribution in [3.05, 3.63) is 23.9 Å². The standard InChI is InChI=1S/C18H27N3O3/c1-18(2)12-21(10-15(24-18)11-23-3)17(22)14-6-7-16(20-9-14)19-8-13-4-5-13/h6-7,9,13,15H,4-5,8,10-12H2,1-3H3,(H,19,20)/t15-/m0/s1. The van der Waals surface area contributed by atoms with Crippen molar-refractivity contribution in [2.75, 3.05) is 38.7 Å². The van der Waals surface area contributed by atoms with Crippen molar-refractivity contribution in [2.24, 2.45) is 5.92 Å². The Hall–Kier alpha value is -1.66. The van der Waals surface area contributed by atoms with E-state index in [9.17, 15) is 4.79 Å². The maximum atomic E-state index is 12.8. The van der Waals surface area contributed by atoms with E-state index in [1.54, 1.807) is 13.3 Å². The Morgan fingerprint density at radius 1 is 1.46 bits per heavy atom. The zero-order valence-corrected chi connectivity index (χ0v) is 14.7. The number of carbonyl (C=O) groups excluding carboxylic acids is 1. The fourth-order valence-corrected chi connectivity index (χ4v) is 3.10. The van der Waals surface area contributed by atoms with Crippen LogP contribution < -0.4 is 5.32 Å². The molecule has 1 aromatic rings. The molecule has 2 fully saturated rings. The molecular weight excluding hydrogens is 306 g/mol. The summed E-state index contributed by atoms with van der Waals surface area (Å²) < 4.78 is 11.2. The van der Waals surface area contributed by atoms with Gasteiger partial charge in [0.1, 0.15) is 5.82 Å². The maximum Gasteiger partial charge on any atom is 0.255 e. The highest BCUT2D eigenvalue weighted by Crippen LogP contribution is 2.28. The summed E-state index contributed by atoms with van der Waals surface area (Å²) in [7, 11) is 1.65. The van der Waals surface area contributed by atoms with E-state index in [4.69, 9.17) is 9.47 Å². The van der Waals surface area contributed by atoms with Crippen molar-refractivity contribution in [3.8, 4) is 0 Å². The SMILES string of the molecule is COC[C@@H]1CN(C(=O)c2ccc(NCC3CC3)nc2)CC(C)(C)O1. The van der Waals surface area contributed by atoms with Gasteiger partial charge in [-0.25, -0.2) is 4.98 Å². The highest BCUT2D eigenvalue weighted by Gasteiger charge is 2.36. The molecule has 1 aromatic heterocycles. The third kappa shape index (κ3) is 4.45. The van der Waals surface area contributed by atoms with Gasteiger partial charge >= 0.3 is 0 Å². The first-order valence-electron chi connectivity index (χ1n) is 8.63. The zero-order valence-electron chi connectivity index (χ0n) is 14.7. The third-order valence-corrected chi connectivity index (χ3v) is 4.40. The number of carbonyl (C=O) groups is 1. The largest absolute Gasteiger partial charge is 0.382 e. The molecule has 1 amide bonds. The molecular formula is C18H27N3O3. The summed E-state index contributed by atoms with van der Waals surface area (Å²) in [5.41, 5.74) is 0.233. The van der Waals surface area contributed by atoms with E-state index >= 15 is 0 Å². The van der Waals surface area contributed by atoms with Crippen molar-refractivity contribution in [2.45, 2.75) is 38.4 Å². The Kier molecular flexibility index (Phi) is 5.06. The van der Waals surface area contributed by atoms with Gasteiger partial charge in [-0.1, -0.05) is 0 Å². The number of nitrogens with one attached hydrogen (secondary N) is 1. The summed E-state index contributed by atoms with van der Waals surface area (Å²) in [5.74, 6) is 1.62. The number of methoxy groups -OCH3 is 1. The Bertz CT molecular complexity index is 569. The summed E-state index contributed by atoms with van der Waals surface area (Å²) in [6, 6.07) is 3.73. The molecule has 132 valence electrons. The minimum Gasteiger partial charge on any atom is -0.382 e. The smallest absolute Gasteiger partial charge is 0.255 e. The molecule has 24 heavy (non-hydrogen) atoms. The van der Waals surface area contributed by atoms with Gasteiger partial charge in [-0.3, -0.25) is 4.79 Å². The van der Waals surface area contributed by atoms with E-state index in [1.807, 2.05) is 30.9 Å². The van der Waals surface area contributed by atoms with Crippen LogP contribution in [0.5, 0.6) is 0 Å². The number of ether oxygens (including phenoxy) is 2. The first kappa shape index (κ1) is 17.2. The first-order valence-corrected chi connectivity index (χ1v) is 8.63. The summed E-state index contributed by atoms with van der Waals surface area (Å²) in [6.45, 7) is 6.55. The number of nitrogens with zero attached hydrogens (tertiary/aromatic N) is 2. The van der Waals surface area contributed by atoms with E-state index in [-0.39, 0.29) is 17.6 Å². The molecule has 1 saturated carbocycles. The van der Waals surface area contributed by atoms with Gasteiger partial charge in [-0.2, -0.15) is 0 Å². The Morgan fingerprint density at radius 3 is 2.88 bits per heavy atom. The molecule has 6 heteroatoms. The molecule has 1 saturated heterocycles. The molecule has 0 radical (unpaired) electrons. The minimum atomic E-state index is -0.379. The van der Waals surface area contributed by atoms with Crippen LogP contribution in [0.4, 0.5) is 5.82 Å². The Morgan fingerprint density at radius 2 is 2.25 bits per heavy atom. The number of aromatic nitrogens is 1. The summed E-state index contributed by atoms with van der Waals surface area (Å²) in [6.07, 6.45) is 4.17. The molecule has 2 heterocycles. The van der Waals surface area contributed by atoms with Gasteiger partial charge in [-0.15, -0.1) is 0 Å². The van der Waals surface area contributed by atoms with Crippen LogP contribution in [0.3, 0.4) is 0 Å². The number of pyridine rings is 1. The molecule has 2 aliphatic rings. The molecule has 1 atom stereocenters. The lowest BCUT2D eigenvalue weighted by Crippen LogP contribution is -2.55. The lowest BCUT2D eigenvalue weighted by Gasteiger charge is -2.42. The van der Waals surface area contributed by atoms with Crippen molar-refractivity contribution >= 4 is 11.7 Å². The van der Waals surface area contributed by atoms with Crippen LogP contribution in [-0.2, 0) is 9.47 Å². The van der Waals surface area contributed by atoms with Crippen molar-refractivity contribution < 1.29 is 14.3 Å². The minimum absolute atomic E-state index is 0.00581. The first-order chi connectivity index (χ1) is 11.5. The van der Waals surface area contributed by atoms with Crippen LogP contribution in [0.2, 0.25) is 0 Å². The average Bonchev–Trinajstić information content (AvgIpc) is 3.36. The van der Waals surface area contributed by atoms with Crippen LogP contribution in [0.1, 0.15) is 37.0 Å². The Labute approximate surface area is 143 Å².